The zero-order chi connectivity index (χ0) is 35.6. The average Bonchev–Trinajstić information content (AvgIpc) is 3.07. The maximum absolute atomic E-state index is 12.5. The van der Waals surface area contributed by atoms with Gasteiger partial charge in [0.2, 0.25) is 0 Å². The van der Waals surface area contributed by atoms with Crippen LogP contribution in [0.3, 0.4) is 0 Å². The van der Waals surface area contributed by atoms with Crippen molar-refractivity contribution in [2.24, 2.45) is 0 Å². The number of rotatable bonds is 33. The van der Waals surface area contributed by atoms with E-state index in [1.807, 2.05) is 36.5 Å². The summed E-state index contributed by atoms with van der Waals surface area (Å²) in [6.45, 7) is 2.17. The molecule has 0 saturated carbocycles. The van der Waals surface area contributed by atoms with Gasteiger partial charge in [0.05, 0.1) is 19.8 Å². The molecule has 0 rings (SSSR count). The molecule has 48 heavy (non-hydrogen) atoms. The van der Waals surface area contributed by atoms with Crippen molar-refractivity contribution in [3.8, 4) is 0 Å². The van der Waals surface area contributed by atoms with Gasteiger partial charge in [-0.25, -0.2) is 4.57 Å². The van der Waals surface area contributed by atoms with E-state index in [1.165, 1.54) is 38.5 Å². The number of ether oxygens (including phenoxy) is 2. The Morgan fingerprint density at radius 1 is 0.646 bits per heavy atom. The maximum Gasteiger partial charge on any atom is 0.472 e. The molecule has 0 aliphatic carbocycles. The molecule has 0 heterocycles. The Morgan fingerprint density at radius 3 is 1.73 bits per heavy atom. The van der Waals surface area contributed by atoms with E-state index in [1.54, 1.807) is 0 Å². The summed E-state index contributed by atoms with van der Waals surface area (Å²) in [5.41, 5.74) is 0. The summed E-state index contributed by atoms with van der Waals surface area (Å²) in [5, 5.41) is 18.2. The van der Waals surface area contributed by atoms with Crippen LogP contribution in [-0.2, 0) is 32.7 Å². The zero-order valence-electron chi connectivity index (χ0n) is 29.7. The Balaban J connectivity index is 4.45. The largest absolute Gasteiger partial charge is 0.472 e. The number of hydrogen-bond acceptors (Lipinski definition) is 9. The molecular formula is C37H65O10P. The Kier molecular flexibility index (Phi) is 32.0. The predicted octanol–water partition coefficient (Wildman–Crippen LogP) is 8.60. The van der Waals surface area contributed by atoms with Crippen molar-refractivity contribution in [1.82, 2.24) is 0 Å². The van der Waals surface area contributed by atoms with E-state index < -0.39 is 51.8 Å². The van der Waals surface area contributed by atoms with E-state index in [9.17, 15) is 24.2 Å². The molecule has 0 aliphatic rings. The van der Waals surface area contributed by atoms with Gasteiger partial charge in [-0.3, -0.25) is 18.6 Å². The van der Waals surface area contributed by atoms with Gasteiger partial charge in [-0.15, -0.1) is 0 Å². The summed E-state index contributed by atoms with van der Waals surface area (Å²) < 4.78 is 32.5. The molecule has 0 aromatic rings. The van der Waals surface area contributed by atoms with Crippen molar-refractivity contribution in [2.45, 2.75) is 148 Å². The van der Waals surface area contributed by atoms with E-state index in [4.69, 9.17) is 19.1 Å². The van der Waals surface area contributed by atoms with Crippen molar-refractivity contribution >= 4 is 19.8 Å². The van der Waals surface area contributed by atoms with Crippen LogP contribution < -0.4 is 0 Å². The number of aliphatic hydroxyl groups excluding tert-OH is 2. The molecule has 0 bridgehead atoms. The number of hydrogen-bond donors (Lipinski definition) is 3. The number of phosphoric ester groups is 1. The van der Waals surface area contributed by atoms with Gasteiger partial charge in [0, 0.05) is 12.8 Å². The van der Waals surface area contributed by atoms with Crippen molar-refractivity contribution < 1.29 is 47.8 Å². The van der Waals surface area contributed by atoms with Crippen LogP contribution in [0, 0.1) is 0 Å². The number of aliphatic hydroxyl groups is 2. The van der Waals surface area contributed by atoms with Crippen LogP contribution in [0.1, 0.15) is 136 Å². The first-order valence-electron chi connectivity index (χ1n) is 18.1. The fourth-order valence-electron chi connectivity index (χ4n) is 4.53. The van der Waals surface area contributed by atoms with E-state index >= 15 is 0 Å². The second-order valence-corrected chi connectivity index (χ2v) is 13.4. The van der Waals surface area contributed by atoms with E-state index in [0.29, 0.717) is 12.8 Å². The summed E-state index contributed by atoms with van der Waals surface area (Å²) >= 11 is 0. The predicted molar refractivity (Wildman–Crippen MR) is 191 cm³/mol. The monoisotopic (exact) mass is 700 g/mol. The van der Waals surface area contributed by atoms with Crippen molar-refractivity contribution in [1.29, 1.82) is 0 Å². The van der Waals surface area contributed by atoms with Gasteiger partial charge in [-0.1, -0.05) is 140 Å². The third-order valence-electron chi connectivity index (χ3n) is 7.34. The maximum atomic E-state index is 12.5. The smallest absolute Gasteiger partial charge is 0.462 e. The van der Waals surface area contributed by atoms with Crippen LogP contribution in [0.15, 0.2) is 48.6 Å². The zero-order valence-corrected chi connectivity index (χ0v) is 30.6. The quantitative estimate of drug-likeness (QED) is 0.0263. The third-order valence-corrected chi connectivity index (χ3v) is 8.29. The SMILES string of the molecule is CC/C=C/C=C/C=C/C=C/CCCCCCCC(=O)O[C@H](COC(=O)CCCCCCCCCCCC)COP(=O)(O)OC[C@@H](O)CO. The molecule has 0 spiro atoms. The molecule has 0 radical (unpaired) electrons. The number of allylic oxidation sites excluding steroid dienone is 8. The van der Waals surface area contributed by atoms with Crippen LogP contribution in [0.4, 0.5) is 0 Å². The molecule has 3 atom stereocenters. The fraction of sp³-hybridized carbons (Fsp3) is 0.730. The van der Waals surface area contributed by atoms with Crippen LogP contribution in [0.25, 0.3) is 0 Å². The number of phosphoric acid groups is 1. The lowest BCUT2D eigenvalue weighted by Gasteiger charge is -2.20. The Morgan fingerprint density at radius 2 is 1.15 bits per heavy atom. The summed E-state index contributed by atoms with van der Waals surface area (Å²) in [6.07, 6.45) is 32.3. The second kappa shape index (κ2) is 33.4. The highest BCUT2D eigenvalue weighted by atomic mass is 31.2. The van der Waals surface area contributed by atoms with Gasteiger partial charge in [-0.05, 0) is 32.1 Å². The Labute approximate surface area is 290 Å². The van der Waals surface area contributed by atoms with Crippen molar-refractivity contribution in [3.05, 3.63) is 48.6 Å². The normalized spacial score (nSPS) is 14.7. The van der Waals surface area contributed by atoms with Gasteiger partial charge in [0.15, 0.2) is 6.10 Å². The van der Waals surface area contributed by atoms with Gasteiger partial charge >= 0.3 is 19.8 Å². The topological polar surface area (TPSA) is 149 Å². The van der Waals surface area contributed by atoms with Crippen LogP contribution in [0.2, 0.25) is 0 Å². The van der Waals surface area contributed by atoms with E-state index in [2.05, 4.69) is 30.5 Å². The third kappa shape index (κ3) is 32.5. The van der Waals surface area contributed by atoms with E-state index in [0.717, 1.165) is 57.8 Å². The summed E-state index contributed by atoms with van der Waals surface area (Å²) in [6, 6.07) is 0. The highest BCUT2D eigenvalue weighted by Gasteiger charge is 2.27. The lowest BCUT2D eigenvalue weighted by molar-refractivity contribution is -0.161. The first-order chi connectivity index (χ1) is 23.2. The highest BCUT2D eigenvalue weighted by molar-refractivity contribution is 7.47. The fourth-order valence-corrected chi connectivity index (χ4v) is 5.32. The molecule has 0 aliphatic heterocycles. The molecule has 278 valence electrons. The summed E-state index contributed by atoms with van der Waals surface area (Å²) in [5.74, 6) is -0.958. The minimum Gasteiger partial charge on any atom is -0.462 e. The summed E-state index contributed by atoms with van der Waals surface area (Å²) in [4.78, 5) is 34.7. The van der Waals surface area contributed by atoms with Crippen molar-refractivity contribution in [3.63, 3.8) is 0 Å². The number of esters is 2. The minimum atomic E-state index is -4.61. The average molecular weight is 701 g/mol. The molecule has 0 fully saturated rings. The first kappa shape index (κ1) is 45.9. The standard InChI is InChI=1S/C37H65O10P/c1-3-5-7-9-11-13-15-16-17-18-19-21-23-25-27-29-37(41)47-35(33-46-48(42,43)45-31-34(39)30-38)32-44-36(40)28-26-24-22-20-14-12-10-8-6-4-2/h5,7,9,11,13,15-17,34-35,38-39H,3-4,6,8,10,12,14,18-33H2,1-2H3,(H,42,43)/b7-5+,11-9+,15-13+,17-16+/t34-,35+/m0/s1. The van der Waals surface area contributed by atoms with Gasteiger partial charge in [-0.2, -0.15) is 0 Å². The molecule has 0 aromatic heterocycles. The number of carbonyl (C=O) groups excluding carboxylic acids is 2. The molecule has 1 unspecified atom stereocenters. The van der Waals surface area contributed by atoms with Crippen LogP contribution in [0.5, 0.6) is 0 Å². The molecule has 11 heteroatoms. The van der Waals surface area contributed by atoms with Crippen LogP contribution in [-0.4, -0.2) is 65.7 Å². The summed E-state index contributed by atoms with van der Waals surface area (Å²) in [7, 11) is -4.61. The van der Waals surface area contributed by atoms with Gasteiger partial charge in [0.1, 0.15) is 12.7 Å². The number of carbonyl (C=O) groups is 2. The van der Waals surface area contributed by atoms with Gasteiger partial charge < -0.3 is 24.6 Å². The van der Waals surface area contributed by atoms with Crippen molar-refractivity contribution in [2.75, 3.05) is 26.4 Å². The molecule has 0 saturated heterocycles. The second-order valence-electron chi connectivity index (χ2n) is 12.0. The lowest BCUT2D eigenvalue weighted by atomic mass is 10.1. The first-order valence-corrected chi connectivity index (χ1v) is 19.6. The lowest BCUT2D eigenvalue weighted by Crippen LogP contribution is -2.29. The minimum absolute atomic E-state index is 0.157. The molecule has 0 aromatic carbocycles. The highest BCUT2D eigenvalue weighted by Crippen LogP contribution is 2.43. The molecular weight excluding hydrogens is 635 g/mol. The Bertz CT molecular complexity index is 946. The van der Waals surface area contributed by atoms with Gasteiger partial charge in [0.25, 0.3) is 0 Å². The Hall–Kier alpha value is -2.07. The molecule has 10 nitrogen and oxygen atoms in total. The van der Waals surface area contributed by atoms with Crippen LogP contribution >= 0.6 is 7.82 Å². The van der Waals surface area contributed by atoms with E-state index in [-0.39, 0.29) is 19.4 Å². The number of unbranched alkanes of at least 4 members (excludes halogenated alkanes) is 14. The molecule has 0 amide bonds. The molecule has 3 N–H and O–H groups in total.